The summed E-state index contributed by atoms with van der Waals surface area (Å²) >= 11 is 0. The summed E-state index contributed by atoms with van der Waals surface area (Å²) in [5.41, 5.74) is 8.70. The van der Waals surface area contributed by atoms with Crippen molar-refractivity contribution in [3.63, 3.8) is 0 Å². The second kappa shape index (κ2) is 8.87. The van der Waals surface area contributed by atoms with Crippen LogP contribution in [0.25, 0.3) is 11.3 Å². The number of pyridine rings is 1. The number of aliphatic hydroxyl groups excluding tert-OH is 1. The third-order valence-corrected chi connectivity index (χ3v) is 8.81. The molecule has 3 fully saturated rings. The van der Waals surface area contributed by atoms with E-state index in [0.29, 0.717) is 30.0 Å². The van der Waals surface area contributed by atoms with Crippen LogP contribution in [-0.4, -0.2) is 71.1 Å². The maximum Gasteiger partial charge on any atom is 0.172 e. The number of aliphatic hydroxyl groups is 1. The van der Waals surface area contributed by atoms with Crippen LogP contribution < -0.4 is 20.3 Å². The van der Waals surface area contributed by atoms with Gasteiger partial charge in [0.15, 0.2) is 17.4 Å². The molecule has 0 aliphatic carbocycles. The van der Waals surface area contributed by atoms with Gasteiger partial charge < -0.3 is 30.1 Å². The first-order valence-electron chi connectivity index (χ1n) is 13.0. The number of hydrogen-bond acceptors (Lipinski definition) is 9. The van der Waals surface area contributed by atoms with Crippen LogP contribution in [0.5, 0.6) is 5.75 Å². The van der Waals surface area contributed by atoms with Crippen LogP contribution in [0.3, 0.4) is 0 Å². The number of ether oxygens (including phenoxy) is 2. The predicted octanol–water partition coefficient (Wildman–Crippen LogP) is 2.36. The molecule has 2 aromatic rings. The summed E-state index contributed by atoms with van der Waals surface area (Å²) in [6.45, 7) is 8.21. The summed E-state index contributed by atoms with van der Waals surface area (Å²) in [6, 6.07) is 2.39. The van der Waals surface area contributed by atoms with Crippen molar-refractivity contribution in [2.24, 2.45) is 17.1 Å². The number of anilines is 2. The molecule has 4 atom stereocenters. The number of rotatable bonds is 4. The summed E-state index contributed by atoms with van der Waals surface area (Å²) in [7, 11) is 0. The molecule has 0 aromatic carbocycles. The van der Waals surface area contributed by atoms with Gasteiger partial charge in [-0.3, -0.25) is 0 Å². The molecule has 9 heteroatoms. The minimum absolute atomic E-state index is 0.0420. The normalized spacial score (nSPS) is 29.3. The molecule has 3 saturated heterocycles. The van der Waals surface area contributed by atoms with E-state index in [1.54, 1.807) is 6.20 Å². The van der Waals surface area contributed by atoms with E-state index >= 15 is 0 Å². The van der Waals surface area contributed by atoms with Crippen molar-refractivity contribution in [1.29, 1.82) is 0 Å². The van der Waals surface area contributed by atoms with Crippen molar-refractivity contribution in [3.05, 3.63) is 24.2 Å². The van der Waals surface area contributed by atoms with Gasteiger partial charge in [-0.15, -0.1) is 0 Å². The van der Waals surface area contributed by atoms with Gasteiger partial charge in [-0.05, 0) is 38.2 Å². The number of fused-ring (bicyclic) bond motifs is 3. The number of nitrogens with two attached hydrogens (primary N) is 1. The second-order valence-electron chi connectivity index (χ2n) is 10.7. The SMILES string of the molecule is CCC1CC2COc3c(-c4cnc(N5CCC6(CC5)COC(C)C6N)c(CO)n4)ccnc3N2C1. The van der Waals surface area contributed by atoms with Crippen molar-refractivity contribution in [2.75, 3.05) is 42.6 Å². The van der Waals surface area contributed by atoms with Crippen LogP contribution in [-0.2, 0) is 11.3 Å². The Bertz CT molecular complexity index is 1090. The molecule has 0 amide bonds. The van der Waals surface area contributed by atoms with Gasteiger partial charge in [-0.25, -0.2) is 15.0 Å². The number of nitrogens with zero attached hydrogens (tertiary/aromatic N) is 5. The van der Waals surface area contributed by atoms with Crippen molar-refractivity contribution in [3.8, 4) is 17.0 Å². The molecule has 2 aromatic heterocycles. The van der Waals surface area contributed by atoms with Crippen LogP contribution in [0.2, 0.25) is 0 Å². The summed E-state index contributed by atoms with van der Waals surface area (Å²) in [5, 5.41) is 10.2. The topological polar surface area (TPSA) is 110 Å². The van der Waals surface area contributed by atoms with E-state index in [9.17, 15) is 5.11 Å². The van der Waals surface area contributed by atoms with E-state index in [4.69, 9.17) is 25.2 Å². The van der Waals surface area contributed by atoms with E-state index in [1.165, 1.54) is 6.42 Å². The van der Waals surface area contributed by atoms with E-state index in [-0.39, 0.29) is 24.2 Å². The number of hydrogen-bond donors (Lipinski definition) is 2. The molecule has 188 valence electrons. The Morgan fingerprint density at radius 1 is 1.23 bits per heavy atom. The Kier molecular flexibility index (Phi) is 5.81. The van der Waals surface area contributed by atoms with Gasteiger partial charge in [-0.2, -0.15) is 0 Å². The summed E-state index contributed by atoms with van der Waals surface area (Å²) in [6.07, 6.45) is 7.96. The van der Waals surface area contributed by atoms with Crippen LogP contribution in [0.15, 0.2) is 18.5 Å². The fraction of sp³-hybridized carbons (Fsp3) is 0.654. The predicted molar refractivity (Wildman–Crippen MR) is 133 cm³/mol. The molecule has 35 heavy (non-hydrogen) atoms. The zero-order valence-corrected chi connectivity index (χ0v) is 20.7. The molecular weight excluding hydrogens is 444 g/mol. The molecule has 6 heterocycles. The zero-order valence-electron chi connectivity index (χ0n) is 20.7. The van der Waals surface area contributed by atoms with Crippen molar-refractivity contribution in [2.45, 2.75) is 64.3 Å². The van der Waals surface area contributed by atoms with Crippen LogP contribution >= 0.6 is 0 Å². The molecule has 0 radical (unpaired) electrons. The first kappa shape index (κ1) is 22.9. The highest BCUT2D eigenvalue weighted by Gasteiger charge is 2.48. The standard InChI is InChI=1S/C26H36N6O3/c1-3-17-10-18-14-34-22-19(4-7-28-25(22)32(18)12-17)20-11-29-24(21(13-33)30-20)31-8-5-26(6-9-31)15-35-16(2)23(26)27/h4,7,11,16-18,23,33H,3,5-6,8-10,12-15,27H2,1-2H3. The van der Waals surface area contributed by atoms with Gasteiger partial charge in [0, 0.05) is 42.9 Å². The average molecular weight is 481 g/mol. The smallest absolute Gasteiger partial charge is 0.172 e. The fourth-order valence-corrected chi connectivity index (χ4v) is 6.45. The van der Waals surface area contributed by atoms with E-state index in [1.807, 2.05) is 12.3 Å². The quantitative estimate of drug-likeness (QED) is 0.681. The van der Waals surface area contributed by atoms with E-state index in [0.717, 1.165) is 68.5 Å². The highest BCUT2D eigenvalue weighted by molar-refractivity contribution is 5.75. The molecule has 0 bridgehead atoms. The van der Waals surface area contributed by atoms with E-state index in [2.05, 4.69) is 28.6 Å². The van der Waals surface area contributed by atoms with Gasteiger partial charge in [0.25, 0.3) is 0 Å². The highest BCUT2D eigenvalue weighted by Crippen LogP contribution is 2.45. The van der Waals surface area contributed by atoms with E-state index < -0.39 is 0 Å². The Balaban J connectivity index is 1.25. The lowest BCUT2D eigenvalue weighted by atomic mass is 9.73. The van der Waals surface area contributed by atoms with Gasteiger partial charge in [-0.1, -0.05) is 13.3 Å². The molecule has 4 aliphatic rings. The number of aromatic nitrogens is 3. The van der Waals surface area contributed by atoms with Crippen molar-refractivity contribution in [1.82, 2.24) is 15.0 Å². The van der Waals surface area contributed by atoms with Gasteiger partial charge in [0.1, 0.15) is 12.3 Å². The minimum atomic E-state index is -0.169. The lowest BCUT2D eigenvalue weighted by Crippen LogP contribution is -2.51. The third kappa shape index (κ3) is 3.75. The lowest BCUT2D eigenvalue weighted by molar-refractivity contribution is 0.0973. The Morgan fingerprint density at radius 2 is 2.06 bits per heavy atom. The van der Waals surface area contributed by atoms with Crippen molar-refractivity contribution < 1.29 is 14.6 Å². The number of piperidine rings is 1. The zero-order chi connectivity index (χ0) is 24.2. The lowest BCUT2D eigenvalue weighted by Gasteiger charge is -2.41. The Labute approximate surface area is 206 Å². The van der Waals surface area contributed by atoms with Gasteiger partial charge in [0.05, 0.1) is 37.3 Å². The molecule has 4 aliphatic heterocycles. The first-order chi connectivity index (χ1) is 17.0. The average Bonchev–Trinajstić information content (AvgIpc) is 3.45. The molecule has 3 N–H and O–H groups in total. The minimum Gasteiger partial charge on any atom is -0.487 e. The highest BCUT2D eigenvalue weighted by atomic mass is 16.5. The summed E-state index contributed by atoms with van der Waals surface area (Å²) in [5.74, 6) is 3.10. The maximum atomic E-state index is 10.2. The monoisotopic (exact) mass is 480 g/mol. The molecule has 4 unspecified atom stereocenters. The second-order valence-corrected chi connectivity index (χ2v) is 10.7. The van der Waals surface area contributed by atoms with Gasteiger partial charge in [0.2, 0.25) is 0 Å². The van der Waals surface area contributed by atoms with Crippen LogP contribution in [0.4, 0.5) is 11.6 Å². The summed E-state index contributed by atoms with van der Waals surface area (Å²) < 4.78 is 12.1. The van der Waals surface area contributed by atoms with Crippen LogP contribution in [0.1, 0.15) is 45.2 Å². The molecule has 6 rings (SSSR count). The van der Waals surface area contributed by atoms with Crippen LogP contribution in [0, 0.1) is 11.3 Å². The maximum absolute atomic E-state index is 10.2. The van der Waals surface area contributed by atoms with Crippen molar-refractivity contribution >= 4 is 11.6 Å². The molecular formula is C26H36N6O3. The molecule has 1 spiro atoms. The molecule has 0 saturated carbocycles. The largest absolute Gasteiger partial charge is 0.487 e. The first-order valence-corrected chi connectivity index (χ1v) is 13.0. The Hall–Kier alpha value is -2.49. The fourth-order valence-electron chi connectivity index (χ4n) is 6.45. The molecule has 9 nitrogen and oxygen atoms in total. The Morgan fingerprint density at radius 3 is 2.77 bits per heavy atom. The third-order valence-electron chi connectivity index (χ3n) is 8.81. The summed E-state index contributed by atoms with van der Waals surface area (Å²) in [4.78, 5) is 18.9. The van der Waals surface area contributed by atoms with Gasteiger partial charge >= 0.3 is 0 Å².